The number of hydrogen-bond donors (Lipinski definition) is 2. The van der Waals surface area contributed by atoms with Crippen molar-refractivity contribution in [1.29, 1.82) is 0 Å². The number of amides is 1. The number of nitrogens with two attached hydrogens (primary N) is 1. The molecule has 0 fully saturated rings. The molecule has 0 saturated carbocycles. The molecule has 0 aliphatic carbocycles. The van der Waals surface area contributed by atoms with Crippen molar-refractivity contribution in [3.8, 4) is 0 Å². The summed E-state index contributed by atoms with van der Waals surface area (Å²) in [5.41, 5.74) is 6.40. The lowest BCUT2D eigenvalue weighted by Gasteiger charge is -2.06. The number of nitrogens with zero attached hydrogens (tertiary/aromatic N) is 2. The summed E-state index contributed by atoms with van der Waals surface area (Å²) in [5.74, 6) is -0.103. The van der Waals surface area contributed by atoms with E-state index >= 15 is 0 Å². The zero-order valence-corrected chi connectivity index (χ0v) is 10.6. The van der Waals surface area contributed by atoms with Crippen LogP contribution in [0.2, 0.25) is 0 Å². The summed E-state index contributed by atoms with van der Waals surface area (Å²) in [5, 5.41) is 2.75. The van der Waals surface area contributed by atoms with E-state index in [9.17, 15) is 4.79 Å². The highest BCUT2D eigenvalue weighted by atomic mass is 32.2. The lowest BCUT2D eigenvalue weighted by molar-refractivity contribution is 0.102. The van der Waals surface area contributed by atoms with Crippen molar-refractivity contribution >= 4 is 29.2 Å². The predicted octanol–water partition coefficient (Wildman–Crippen LogP) is 2.03. The molecule has 1 aromatic carbocycles. The van der Waals surface area contributed by atoms with Crippen LogP contribution in [0.1, 0.15) is 10.5 Å². The van der Waals surface area contributed by atoms with Gasteiger partial charge < -0.3 is 11.1 Å². The van der Waals surface area contributed by atoms with Crippen molar-refractivity contribution in [3.63, 3.8) is 0 Å². The quantitative estimate of drug-likeness (QED) is 0.825. The summed E-state index contributed by atoms with van der Waals surface area (Å²) in [7, 11) is 0. The number of aromatic nitrogens is 2. The number of carbonyl (C=O) groups is 1. The van der Waals surface area contributed by atoms with Crippen LogP contribution in [0, 0.1) is 0 Å². The summed E-state index contributed by atoms with van der Waals surface area (Å²) < 4.78 is 0. The fourth-order valence-electron chi connectivity index (χ4n) is 1.39. The monoisotopic (exact) mass is 260 g/mol. The van der Waals surface area contributed by atoms with Crippen LogP contribution in [-0.4, -0.2) is 22.1 Å². The molecule has 1 heterocycles. The highest BCUT2D eigenvalue weighted by Crippen LogP contribution is 2.19. The summed E-state index contributed by atoms with van der Waals surface area (Å²) in [6, 6.07) is 7.56. The Morgan fingerprint density at radius 2 is 2.22 bits per heavy atom. The highest BCUT2D eigenvalue weighted by molar-refractivity contribution is 7.98. The Hall–Kier alpha value is -2.08. The first-order valence-corrected chi connectivity index (χ1v) is 6.44. The standard InChI is InChI=1S/C12H12N4OS/c1-18-9-4-2-3-8(5-9)15-12(17)10-6-14-7-11(13)16-10/h2-7H,1H3,(H2,13,16)(H,15,17). The molecule has 2 rings (SSSR count). The number of thioether (sulfide) groups is 1. The molecule has 0 atom stereocenters. The number of anilines is 2. The Bertz CT molecular complexity index is 574. The number of carbonyl (C=O) groups excluding carboxylic acids is 1. The smallest absolute Gasteiger partial charge is 0.275 e. The van der Waals surface area contributed by atoms with Crippen LogP contribution >= 0.6 is 11.8 Å². The molecule has 0 aliphatic rings. The lowest BCUT2D eigenvalue weighted by atomic mass is 10.3. The van der Waals surface area contributed by atoms with Crippen LogP contribution in [0.3, 0.4) is 0 Å². The molecule has 0 saturated heterocycles. The molecule has 0 aliphatic heterocycles. The van der Waals surface area contributed by atoms with Gasteiger partial charge in [-0.15, -0.1) is 11.8 Å². The van der Waals surface area contributed by atoms with Crippen molar-refractivity contribution in [3.05, 3.63) is 42.4 Å². The molecular formula is C12H12N4OS. The molecular weight excluding hydrogens is 248 g/mol. The molecule has 1 amide bonds. The van der Waals surface area contributed by atoms with Crippen molar-refractivity contribution in [1.82, 2.24) is 9.97 Å². The number of benzene rings is 1. The first kappa shape index (κ1) is 12.4. The molecule has 0 radical (unpaired) electrons. The summed E-state index contributed by atoms with van der Waals surface area (Å²) in [6.07, 6.45) is 4.75. The summed E-state index contributed by atoms with van der Waals surface area (Å²) in [6.45, 7) is 0. The molecule has 18 heavy (non-hydrogen) atoms. The van der Waals surface area contributed by atoms with E-state index in [1.165, 1.54) is 12.4 Å². The maximum atomic E-state index is 11.9. The average molecular weight is 260 g/mol. The first-order valence-electron chi connectivity index (χ1n) is 5.22. The largest absolute Gasteiger partial charge is 0.382 e. The van der Waals surface area contributed by atoms with E-state index < -0.39 is 0 Å². The Labute approximate surface area is 109 Å². The molecule has 92 valence electrons. The average Bonchev–Trinajstić information content (AvgIpc) is 2.39. The van der Waals surface area contributed by atoms with Gasteiger partial charge >= 0.3 is 0 Å². The van der Waals surface area contributed by atoms with Gasteiger partial charge in [-0.1, -0.05) is 6.07 Å². The lowest BCUT2D eigenvalue weighted by Crippen LogP contribution is -2.14. The van der Waals surface area contributed by atoms with E-state index in [1.807, 2.05) is 30.5 Å². The minimum Gasteiger partial charge on any atom is -0.382 e. The van der Waals surface area contributed by atoms with Gasteiger partial charge in [0.1, 0.15) is 11.5 Å². The molecule has 0 bridgehead atoms. The second kappa shape index (κ2) is 5.50. The van der Waals surface area contributed by atoms with E-state index in [2.05, 4.69) is 15.3 Å². The van der Waals surface area contributed by atoms with Crippen molar-refractivity contribution < 1.29 is 4.79 Å². The van der Waals surface area contributed by atoms with Crippen LogP contribution in [0.15, 0.2) is 41.6 Å². The maximum Gasteiger partial charge on any atom is 0.275 e. The van der Waals surface area contributed by atoms with Gasteiger partial charge in [-0.2, -0.15) is 0 Å². The third-order valence-electron chi connectivity index (χ3n) is 2.21. The van der Waals surface area contributed by atoms with Gasteiger partial charge in [-0.3, -0.25) is 9.78 Å². The van der Waals surface area contributed by atoms with Gasteiger partial charge in [0.15, 0.2) is 0 Å². The zero-order valence-electron chi connectivity index (χ0n) is 9.75. The summed E-state index contributed by atoms with van der Waals surface area (Å²) >= 11 is 1.61. The predicted molar refractivity (Wildman–Crippen MR) is 72.6 cm³/mol. The van der Waals surface area contributed by atoms with Crippen LogP contribution < -0.4 is 11.1 Å². The fourth-order valence-corrected chi connectivity index (χ4v) is 1.85. The third kappa shape index (κ3) is 2.98. The van der Waals surface area contributed by atoms with Gasteiger partial charge in [0.2, 0.25) is 0 Å². The minimum atomic E-state index is -0.326. The SMILES string of the molecule is CSc1cccc(NC(=O)c2cncc(N)n2)c1. The van der Waals surface area contributed by atoms with E-state index in [0.717, 1.165) is 10.6 Å². The van der Waals surface area contributed by atoms with Crippen LogP contribution in [0.25, 0.3) is 0 Å². The molecule has 2 aromatic rings. The number of rotatable bonds is 3. The minimum absolute atomic E-state index is 0.199. The second-order valence-electron chi connectivity index (χ2n) is 3.52. The molecule has 1 aromatic heterocycles. The number of nitrogen functional groups attached to an aromatic ring is 1. The van der Waals surface area contributed by atoms with E-state index in [-0.39, 0.29) is 17.4 Å². The first-order chi connectivity index (χ1) is 8.69. The van der Waals surface area contributed by atoms with Crippen LogP contribution in [-0.2, 0) is 0 Å². The van der Waals surface area contributed by atoms with Gasteiger partial charge in [-0.25, -0.2) is 4.98 Å². The van der Waals surface area contributed by atoms with Crippen molar-refractivity contribution in [2.24, 2.45) is 0 Å². The molecule has 5 nitrogen and oxygen atoms in total. The van der Waals surface area contributed by atoms with Gasteiger partial charge in [0.25, 0.3) is 5.91 Å². The number of nitrogens with one attached hydrogen (secondary N) is 1. The zero-order chi connectivity index (χ0) is 13.0. The van der Waals surface area contributed by atoms with Crippen LogP contribution in [0.5, 0.6) is 0 Å². The normalized spacial score (nSPS) is 10.1. The Morgan fingerprint density at radius 1 is 1.39 bits per heavy atom. The fraction of sp³-hybridized carbons (Fsp3) is 0.0833. The Kier molecular flexibility index (Phi) is 3.78. The van der Waals surface area contributed by atoms with E-state index in [4.69, 9.17) is 5.73 Å². The Balaban J connectivity index is 2.16. The van der Waals surface area contributed by atoms with Crippen LogP contribution in [0.4, 0.5) is 11.5 Å². The van der Waals surface area contributed by atoms with Crippen molar-refractivity contribution in [2.45, 2.75) is 4.90 Å². The topological polar surface area (TPSA) is 80.9 Å². The number of hydrogen-bond acceptors (Lipinski definition) is 5. The molecule has 3 N–H and O–H groups in total. The van der Waals surface area contributed by atoms with Gasteiger partial charge in [0, 0.05) is 10.6 Å². The maximum absolute atomic E-state index is 11.9. The highest BCUT2D eigenvalue weighted by Gasteiger charge is 2.08. The van der Waals surface area contributed by atoms with Crippen molar-refractivity contribution in [2.75, 3.05) is 17.3 Å². The molecule has 0 spiro atoms. The molecule has 6 heteroatoms. The van der Waals surface area contributed by atoms with Gasteiger partial charge in [0.05, 0.1) is 12.4 Å². The van der Waals surface area contributed by atoms with Gasteiger partial charge in [-0.05, 0) is 24.5 Å². The molecule has 0 unspecified atom stereocenters. The Morgan fingerprint density at radius 3 is 2.94 bits per heavy atom. The van der Waals surface area contributed by atoms with E-state index in [0.29, 0.717) is 0 Å². The third-order valence-corrected chi connectivity index (χ3v) is 2.94. The second-order valence-corrected chi connectivity index (χ2v) is 4.39. The van der Waals surface area contributed by atoms with E-state index in [1.54, 1.807) is 11.8 Å². The summed E-state index contributed by atoms with van der Waals surface area (Å²) in [4.78, 5) is 20.7.